The van der Waals surface area contributed by atoms with Gasteiger partial charge < -0.3 is 5.32 Å². The second-order valence-corrected chi connectivity index (χ2v) is 3.56. The first-order valence-electron chi connectivity index (χ1n) is 5.58. The van der Waals surface area contributed by atoms with Crippen molar-refractivity contribution in [2.24, 2.45) is 0 Å². The van der Waals surface area contributed by atoms with Gasteiger partial charge in [0.25, 0.3) is 0 Å². The molecule has 0 aliphatic heterocycles. The summed E-state index contributed by atoms with van der Waals surface area (Å²) in [5.41, 5.74) is 0. The SMILES string of the molecule is CCCCCCCNc1ccccn1. The maximum atomic E-state index is 4.20. The summed E-state index contributed by atoms with van der Waals surface area (Å²) < 4.78 is 0. The molecule has 0 fully saturated rings. The van der Waals surface area contributed by atoms with Gasteiger partial charge in [-0.05, 0) is 18.6 Å². The summed E-state index contributed by atoms with van der Waals surface area (Å²) in [6.07, 6.45) is 8.43. The molecule has 1 rings (SSSR count). The van der Waals surface area contributed by atoms with E-state index in [-0.39, 0.29) is 0 Å². The van der Waals surface area contributed by atoms with Crippen LogP contribution in [0.15, 0.2) is 24.4 Å². The lowest BCUT2D eigenvalue weighted by Gasteiger charge is -2.04. The molecule has 0 aromatic carbocycles. The molecule has 0 aliphatic rings. The summed E-state index contributed by atoms with van der Waals surface area (Å²) in [5, 5.41) is 3.31. The van der Waals surface area contributed by atoms with Crippen LogP contribution in [0, 0.1) is 0 Å². The molecule has 0 saturated carbocycles. The minimum atomic E-state index is 0.989. The highest BCUT2D eigenvalue weighted by atomic mass is 15.0. The van der Waals surface area contributed by atoms with E-state index in [1.807, 2.05) is 24.4 Å². The molecule has 78 valence electrons. The molecule has 14 heavy (non-hydrogen) atoms. The van der Waals surface area contributed by atoms with E-state index in [0.29, 0.717) is 0 Å². The molecule has 0 spiro atoms. The topological polar surface area (TPSA) is 24.9 Å². The Morgan fingerprint density at radius 3 is 2.71 bits per heavy atom. The third-order valence-electron chi connectivity index (χ3n) is 2.25. The van der Waals surface area contributed by atoms with E-state index in [0.717, 1.165) is 12.4 Å². The molecular weight excluding hydrogens is 172 g/mol. The molecule has 2 heteroatoms. The lowest BCUT2D eigenvalue weighted by Crippen LogP contribution is -2.02. The zero-order valence-electron chi connectivity index (χ0n) is 9.00. The van der Waals surface area contributed by atoms with Crippen molar-refractivity contribution in [3.05, 3.63) is 24.4 Å². The van der Waals surface area contributed by atoms with Gasteiger partial charge in [0.15, 0.2) is 0 Å². The molecule has 1 heterocycles. The molecule has 0 radical (unpaired) electrons. The summed E-state index contributed by atoms with van der Waals surface area (Å²) in [6.45, 7) is 3.28. The lowest BCUT2D eigenvalue weighted by molar-refractivity contribution is 0.645. The maximum absolute atomic E-state index is 4.20. The monoisotopic (exact) mass is 192 g/mol. The van der Waals surface area contributed by atoms with Gasteiger partial charge in [-0.1, -0.05) is 38.7 Å². The zero-order chi connectivity index (χ0) is 10.1. The number of hydrogen-bond donors (Lipinski definition) is 1. The Morgan fingerprint density at radius 1 is 1.14 bits per heavy atom. The molecule has 0 aliphatic carbocycles. The number of hydrogen-bond acceptors (Lipinski definition) is 2. The van der Waals surface area contributed by atoms with Gasteiger partial charge in [0, 0.05) is 12.7 Å². The first kappa shape index (κ1) is 11.0. The fourth-order valence-electron chi connectivity index (χ4n) is 1.41. The summed E-state index contributed by atoms with van der Waals surface area (Å²) in [5.74, 6) is 0.989. The number of nitrogens with zero attached hydrogens (tertiary/aromatic N) is 1. The van der Waals surface area contributed by atoms with E-state index in [1.54, 1.807) is 0 Å². The molecule has 0 unspecified atom stereocenters. The Balaban J connectivity index is 1.99. The highest BCUT2D eigenvalue weighted by molar-refractivity contribution is 5.32. The molecule has 0 bridgehead atoms. The zero-order valence-corrected chi connectivity index (χ0v) is 9.00. The summed E-state index contributed by atoms with van der Waals surface area (Å²) in [4.78, 5) is 4.20. The van der Waals surface area contributed by atoms with E-state index in [4.69, 9.17) is 0 Å². The van der Waals surface area contributed by atoms with Crippen LogP contribution in [0.25, 0.3) is 0 Å². The van der Waals surface area contributed by atoms with Crippen molar-refractivity contribution in [2.75, 3.05) is 11.9 Å². The minimum Gasteiger partial charge on any atom is -0.370 e. The largest absolute Gasteiger partial charge is 0.370 e. The highest BCUT2D eigenvalue weighted by Gasteiger charge is 1.91. The van der Waals surface area contributed by atoms with Gasteiger partial charge in [0.1, 0.15) is 5.82 Å². The second kappa shape index (κ2) is 7.36. The van der Waals surface area contributed by atoms with Crippen LogP contribution in [-0.2, 0) is 0 Å². The van der Waals surface area contributed by atoms with Crippen molar-refractivity contribution >= 4 is 5.82 Å². The average Bonchev–Trinajstić information content (AvgIpc) is 2.25. The van der Waals surface area contributed by atoms with E-state index in [1.165, 1.54) is 32.1 Å². The van der Waals surface area contributed by atoms with Gasteiger partial charge in [-0.25, -0.2) is 4.98 Å². The van der Waals surface area contributed by atoms with Crippen molar-refractivity contribution < 1.29 is 0 Å². The van der Waals surface area contributed by atoms with E-state index >= 15 is 0 Å². The normalized spacial score (nSPS) is 10.1. The smallest absolute Gasteiger partial charge is 0.125 e. The summed E-state index contributed by atoms with van der Waals surface area (Å²) in [7, 11) is 0. The Kier molecular flexibility index (Phi) is 5.80. The number of nitrogens with one attached hydrogen (secondary N) is 1. The molecule has 1 aromatic heterocycles. The fraction of sp³-hybridized carbons (Fsp3) is 0.583. The van der Waals surface area contributed by atoms with Crippen LogP contribution in [0.4, 0.5) is 5.82 Å². The summed E-state index contributed by atoms with van der Waals surface area (Å²) in [6, 6.07) is 5.95. The summed E-state index contributed by atoms with van der Waals surface area (Å²) >= 11 is 0. The quantitative estimate of drug-likeness (QED) is 0.669. The van der Waals surface area contributed by atoms with Crippen molar-refractivity contribution in [1.29, 1.82) is 0 Å². The van der Waals surface area contributed by atoms with Crippen molar-refractivity contribution in [3.8, 4) is 0 Å². The number of pyridine rings is 1. The average molecular weight is 192 g/mol. The first-order valence-corrected chi connectivity index (χ1v) is 5.58. The molecule has 0 atom stereocenters. The van der Waals surface area contributed by atoms with Crippen LogP contribution in [0.2, 0.25) is 0 Å². The van der Waals surface area contributed by atoms with Gasteiger partial charge in [0.05, 0.1) is 0 Å². The van der Waals surface area contributed by atoms with Gasteiger partial charge >= 0.3 is 0 Å². The third-order valence-corrected chi connectivity index (χ3v) is 2.25. The van der Waals surface area contributed by atoms with Crippen LogP contribution in [0.1, 0.15) is 39.0 Å². The molecule has 0 amide bonds. The Hall–Kier alpha value is -1.05. The van der Waals surface area contributed by atoms with Crippen LogP contribution in [-0.4, -0.2) is 11.5 Å². The Morgan fingerprint density at radius 2 is 2.00 bits per heavy atom. The number of aromatic nitrogens is 1. The number of unbranched alkanes of at least 4 members (excludes halogenated alkanes) is 4. The third kappa shape index (κ3) is 4.85. The number of anilines is 1. The van der Waals surface area contributed by atoms with E-state index in [2.05, 4.69) is 17.2 Å². The van der Waals surface area contributed by atoms with Gasteiger partial charge in [0.2, 0.25) is 0 Å². The van der Waals surface area contributed by atoms with Crippen molar-refractivity contribution in [3.63, 3.8) is 0 Å². The van der Waals surface area contributed by atoms with Crippen LogP contribution >= 0.6 is 0 Å². The fourth-order valence-corrected chi connectivity index (χ4v) is 1.41. The predicted molar refractivity (Wildman–Crippen MR) is 61.5 cm³/mol. The molecule has 1 N–H and O–H groups in total. The van der Waals surface area contributed by atoms with Gasteiger partial charge in [-0.3, -0.25) is 0 Å². The van der Waals surface area contributed by atoms with E-state index in [9.17, 15) is 0 Å². The molecule has 2 nitrogen and oxygen atoms in total. The van der Waals surface area contributed by atoms with Gasteiger partial charge in [-0.2, -0.15) is 0 Å². The molecule has 0 saturated heterocycles. The van der Waals surface area contributed by atoms with Crippen LogP contribution in [0.3, 0.4) is 0 Å². The Bertz CT molecular complexity index is 221. The predicted octanol–water partition coefficient (Wildman–Crippen LogP) is 3.46. The van der Waals surface area contributed by atoms with Crippen LogP contribution in [0.5, 0.6) is 0 Å². The van der Waals surface area contributed by atoms with E-state index < -0.39 is 0 Å². The molecular formula is C12H20N2. The maximum Gasteiger partial charge on any atom is 0.125 e. The standard InChI is InChI=1S/C12H20N2/c1-2-3-4-5-7-10-13-12-9-6-8-11-14-12/h6,8-9,11H,2-5,7,10H2,1H3,(H,13,14). The number of rotatable bonds is 7. The second-order valence-electron chi connectivity index (χ2n) is 3.56. The Labute approximate surface area is 86.8 Å². The van der Waals surface area contributed by atoms with Gasteiger partial charge in [-0.15, -0.1) is 0 Å². The highest BCUT2D eigenvalue weighted by Crippen LogP contribution is 2.04. The lowest BCUT2D eigenvalue weighted by atomic mass is 10.1. The first-order chi connectivity index (χ1) is 6.93. The van der Waals surface area contributed by atoms with Crippen molar-refractivity contribution in [1.82, 2.24) is 4.98 Å². The minimum absolute atomic E-state index is 0.989. The van der Waals surface area contributed by atoms with Crippen molar-refractivity contribution in [2.45, 2.75) is 39.0 Å². The van der Waals surface area contributed by atoms with Crippen LogP contribution < -0.4 is 5.32 Å². The molecule has 1 aromatic rings.